The van der Waals surface area contributed by atoms with E-state index in [1.165, 1.54) is 36.4 Å². The van der Waals surface area contributed by atoms with Gasteiger partial charge in [0, 0.05) is 12.1 Å². The smallest absolute Gasteiger partial charge is 0.269 e. The fraction of sp³-hybridized carbons (Fsp3) is 0.278. The van der Waals surface area contributed by atoms with E-state index < -0.39 is 4.92 Å². The standard InChI is InChI=1S/C18H19FN2O4/c1-12(2)18(13-3-5-14(19)6-4-13)20-17(22)11-25-16-9-7-15(8-10-16)21(23)24/h3-10,12,18H,11H2,1-2H3,(H,20,22). The maximum Gasteiger partial charge on any atom is 0.269 e. The molecular weight excluding hydrogens is 327 g/mol. The Kier molecular flexibility index (Phi) is 6.05. The number of rotatable bonds is 7. The lowest BCUT2D eigenvalue weighted by atomic mass is 9.96. The second kappa shape index (κ2) is 8.23. The second-order valence-corrected chi connectivity index (χ2v) is 5.88. The minimum Gasteiger partial charge on any atom is -0.484 e. The normalized spacial score (nSPS) is 11.8. The van der Waals surface area contributed by atoms with E-state index in [2.05, 4.69) is 5.32 Å². The van der Waals surface area contributed by atoms with Crippen molar-refractivity contribution in [2.75, 3.05) is 6.61 Å². The molecule has 132 valence electrons. The molecule has 1 N–H and O–H groups in total. The fourth-order valence-electron chi connectivity index (χ4n) is 2.33. The van der Waals surface area contributed by atoms with Gasteiger partial charge in [-0.2, -0.15) is 0 Å². The van der Waals surface area contributed by atoms with Gasteiger partial charge in [0.1, 0.15) is 11.6 Å². The number of nitro benzene ring substituents is 1. The number of halogens is 1. The van der Waals surface area contributed by atoms with Crippen molar-refractivity contribution in [1.29, 1.82) is 0 Å². The zero-order chi connectivity index (χ0) is 18.4. The number of non-ortho nitro benzene ring substituents is 1. The third-order valence-electron chi connectivity index (χ3n) is 3.63. The van der Waals surface area contributed by atoms with Crippen LogP contribution in [0.2, 0.25) is 0 Å². The van der Waals surface area contributed by atoms with Gasteiger partial charge in [0.15, 0.2) is 6.61 Å². The van der Waals surface area contributed by atoms with Crippen molar-refractivity contribution in [3.63, 3.8) is 0 Å². The number of carbonyl (C=O) groups is 1. The SMILES string of the molecule is CC(C)C(NC(=O)COc1ccc([N+](=O)[O-])cc1)c1ccc(F)cc1. The molecule has 1 atom stereocenters. The Morgan fingerprint density at radius 1 is 1.16 bits per heavy atom. The van der Waals surface area contributed by atoms with Crippen molar-refractivity contribution in [3.05, 3.63) is 70.0 Å². The highest BCUT2D eigenvalue weighted by Gasteiger charge is 2.18. The first-order chi connectivity index (χ1) is 11.9. The summed E-state index contributed by atoms with van der Waals surface area (Å²) in [5.41, 5.74) is 0.757. The summed E-state index contributed by atoms with van der Waals surface area (Å²) in [6, 6.07) is 11.2. The number of hydrogen-bond acceptors (Lipinski definition) is 4. The zero-order valence-electron chi connectivity index (χ0n) is 13.9. The topological polar surface area (TPSA) is 81.5 Å². The van der Waals surface area contributed by atoms with E-state index in [-0.39, 0.29) is 36.0 Å². The number of benzene rings is 2. The summed E-state index contributed by atoms with van der Waals surface area (Å²) in [4.78, 5) is 22.2. The molecule has 0 aliphatic heterocycles. The largest absolute Gasteiger partial charge is 0.484 e. The third-order valence-corrected chi connectivity index (χ3v) is 3.63. The summed E-state index contributed by atoms with van der Waals surface area (Å²) in [6.07, 6.45) is 0. The minimum atomic E-state index is -0.508. The lowest BCUT2D eigenvalue weighted by Crippen LogP contribution is -2.35. The van der Waals surface area contributed by atoms with Gasteiger partial charge in [0.05, 0.1) is 11.0 Å². The molecule has 7 heteroatoms. The molecular formula is C18H19FN2O4. The predicted octanol–water partition coefficient (Wildman–Crippen LogP) is 3.63. The van der Waals surface area contributed by atoms with Crippen molar-refractivity contribution in [2.24, 2.45) is 5.92 Å². The monoisotopic (exact) mass is 346 g/mol. The van der Waals surface area contributed by atoms with Crippen molar-refractivity contribution in [1.82, 2.24) is 5.32 Å². The fourth-order valence-corrected chi connectivity index (χ4v) is 2.33. The first-order valence-corrected chi connectivity index (χ1v) is 7.79. The van der Waals surface area contributed by atoms with E-state index in [1.54, 1.807) is 12.1 Å². The quantitative estimate of drug-likeness (QED) is 0.613. The van der Waals surface area contributed by atoms with Gasteiger partial charge in [-0.1, -0.05) is 26.0 Å². The Bertz CT molecular complexity index is 730. The van der Waals surface area contributed by atoms with Crippen LogP contribution in [0.25, 0.3) is 0 Å². The summed E-state index contributed by atoms with van der Waals surface area (Å²) in [5, 5.41) is 13.5. The Labute approximate surface area is 144 Å². The Balaban J connectivity index is 1.95. The average molecular weight is 346 g/mol. The molecule has 0 aromatic heterocycles. The van der Waals surface area contributed by atoms with Crippen LogP contribution < -0.4 is 10.1 Å². The first-order valence-electron chi connectivity index (χ1n) is 7.79. The van der Waals surface area contributed by atoms with Crippen LogP contribution in [0.15, 0.2) is 48.5 Å². The van der Waals surface area contributed by atoms with Crippen LogP contribution in [0.3, 0.4) is 0 Å². The number of amides is 1. The Hall–Kier alpha value is -2.96. The van der Waals surface area contributed by atoms with Gasteiger partial charge in [0.2, 0.25) is 0 Å². The maximum atomic E-state index is 13.1. The predicted molar refractivity (Wildman–Crippen MR) is 90.7 cm³/mol. The lowest BCUT2D eigenvalue weighted by Gasteiger charge is -2.23. The van der Waals surface area contributed by atoms with Crippen LogP contribution in [0.4, 0.5) is 10.1 Å². The number of nitrogens with zero attached hydrogens (tertiary/aromatic N) is 1. The van der Waals surface area contributed by atoms with E-state index in [9.17, 15) is 19.3 Å². The molecule has 2 aromatic carbocycles. The first kappa shape index (κ1) is 18.4. The van der Waals surface area contributed by atoms with Crippen molar-refractivity contribution in [2.45, 2.75) is 19.9 Å². The van der Waals surface area contributed by atoms with Gasteiger partial charge in [-0.15, -0.1) is 0 Å². The molecule has 0 aliphatic rings. The average Bonchev–Trinajstić information content (AvgIpc) is 2.59. The molecule has 25 heavy (non-hydrogen) atoms. The van der Waals surface area contributed by atoms with Crippen LogP contribution in [0, 0.1) is 21.8 Å². The molecule has 1 amide bonds. The molecule has 6 nitrogen and oxygen atoms in total. The van der Waals surface area contributed by atoms with E-state index in [0.717, 1.165) is 5.56 Å². The molecule has 0 heterocycles. The van der Waals surface area contributed by atoms with Gasteiger partial charge >= 0.3 is 0 Å². The molecule has 1 unspecified atom stereocenters. The summed E-state index contributed by atoms with van der Waals surface area (Å²) >= 11 is 0. The number of nitro groups is 1. The molecule has 0 radical (unpaired) electrons. The van der Waals surface area contributed by atoms with Crippen LogP contribution in [-0.2, 0) is 4.79 Å². The molecule has 0 saturated carbocycles. The van der Waals surface area contributed by atoms with Gasteiger partial charge in [-0.05, 0) is 35.7 Å². The molecule has 0 fully saturated rings. The minimum absolute atomic E-state index is 0.0482. The molecule has 0 saturated heterocycles. The van der Waals surface area contributed by atoms with E-state index in [1.807, 2.05) is 13.8 Å². The molecule has 0 spiro atoms. The molecule has 2 rings (SSSR count). The summed E-state index contributed by atoms with van der Waals surface area (Å²) < 4.78 is 18.4. The van der Waals surface area contributed by atoms with Gasteiger partial charge < -0.3 is 10.1 Å². The zero-order valence-corrected chi connectivity index (χ0v) is 13.9. The molecule has 2 aromatic rings. The number of carbonyl (C=O) groups excluding carboxylic acids is 1. The van der Waals surface area contributed by atoms with Crippen molar-refractivity contribution in [3.8, 4) is 5.75 Å². The molecule has 0 aliphatic carbocycles. The van der Waals surface area contributed by atoms with Crippen LogP contribution >= 0.6 is 0 Å². The maximum absolute atomic E-state index is 13.1. The molecule has 0 bridgehead atoms. The van der Waals surface area contributed by atoms with E-state index >= 15 is 0 Å². The summed E-state index contributed by atoms with van der Waals surface area (Å²) in [5.74, 6) is -0.196. The highest BCUT2D eigenvalue weighted by molar-refractivity contribution is 5.78. The summed E-state index contributed by atoms with van der Waals surface area (Å²) in [6.45, 7) is 3.68. The Morgan fingerprint density at radius 2 is 1.76 bits per heavy atom. The van der Waals surface area contributed by atoms with Gasteiger partial charge in [-0.3, -0.25) is 14.9 Å². The summed E-state index contributed by atoms with van der Waals surface area (Å²) in [7, 11) is 0. The van der Waals surface area contributed by atoms with Crippen LogP contribution in [0.5, 0.6) is 5.75 Å². The van der Waals surface area contributed by atoms with E-state index in [0.29, 0.717) is 5.75 Å². The van der Waals surface area contributed by atoms with Gasteiger partial charge in [-0.25, -0.2) is 4.39 Å². The van der Waals surface area contributed by atoms with Crippen LogP contribution in [0.1, 0.15) is 25.5 Å². The third kappa shape index (κ3) is 5.27. The number of hydrogen-bond donors (Lipinski definition) is 1. The number of ether oxygens (including phenoxy) is 1. The van der Waals surface area contributed by atoms with Gasteiger partial charge in [0.25, 0.3) is 11.6 Å². The highest BCUT2D eigenvalue weighted by atomic mass is 19.1. The lowest BCUT2D eigenvalue weighted by molar-refractivity contribution is -0.384. The van der Waals surface area contributed by atoms with Crippen LogP contribution in [-0.4, -0.2) is 17.4 Å². The highest BCUT2D eigenvalue weighted by Crippen LogP contribution is 2.22. The van der Waals surface area contributed by atoms with Crippen molar-refractivity contribution >= 4 is 11.6 Å². The Morgan fingerprint density at radius 3 is 2.28 bits per heavy atom. The van der Waals surface area contributed by atoms with Crippen molar-refractivity contribution < 1.29 is 18.8 Å². The second-order valence-electron chi connectivity index (χ2n) is 5.88. The van der Waals surface area contributed by atoms with E-state index in [4.69, 9.17) is 4.74 Å². The number of nitrogens with one attached hydrogen (secondary N) is 1.